The van der Waals surface area contributed by atoms with E-state index in [1.807, 2.05) is 31.3 Å². The normalized spacial score (nSPS) is 13.3. The van der Waals surface area contributed by atoms with Crippen LogP contribution in [0.5, 0.6) is 0 Å². The SMILES string of the molecule is CCN(C)c1cccc(NC(=O)CSCc2nc3sc4c(c3c(=O)[nH]2)CCCC4)c1. The van der Waals surface area contributed by atoms with Gasteiger partial charge in [-0.05, 0) is 56.4 Å². The molecule has 8 heteroatoms. The summed E-state index contributed by atoms with van der Waals surface area (Å²) in [4.78, 5) is 36.8. The smallest absolute Gasteiger partial charge is 0.259 e. The van der Waals surface area contributed by atoms with Crippen molar-refractivity contribution in [1.82, 2.24) is 9.97 Å². The van der Waals surface area contributed by atoms with Gasteiger partial charge >= 0.3 is 0 Å². The summed E-state index contributed by atoms with van der Waals surface area (Å²) in [5.41, 5.74) is 3.01. The average molecular weight is 443 g/mol. The Kier molecular flexibility index (Phi) is 6.43. The topological polar surface area (TPSA) is 78.1 Å². The number of rotatable bonds is 7. The Hall–Kier alpha value is -2.32. The summed E-state index contributed by atoms with van der Waals surface area (Å²) in [5.74, 6) is 1.37. The van der Waals surface area contributed by atoms with E-state index in [-0.39, 0.29) is 11.5 Å². The van der Waals surface area contributed by atoms with Crippen LogP contribution in [-0.2, 0) is 23.4 Å². The van der Waals surface area contributed by atoms with Gasteiger partial charge in [0, 0.05) is 29.8 Å². The molecule has 0 spiro atoms. The number of nitrogens with zero attached hydrogens (tertiary/aromatic N) is 2. The van der Waals surface area contributed by atoms with Gasteiger partial charge in [0.15, 0.2) is 0 Å². The molecule has 2 heterocycles. The highest BCUT2D eigenvalue weighted by molar-refractivity contribution is 7.99. The summed E-state index contributed by atoms with van der Waals surface area (Å²) in [6, 6.07) is 7.82. The van der Waals surface area contributed by atoms with Crippen LogP contribution in [0.3, 0.4) is 0 Å². The summed E-state index contributed by atoms with van der Waals surface area (Å²) in [5, 5.41) is 3.72. The summed E-state index contributed by atoms with van der Waals surface area (Å²) >= 11 is 3.10. The molecule has 0 fully saturated rings. The first kappa shape index (κ1) is 20.9. The molecule has 0 saturated heterocycles. The summed E-state index contributed by atoms with van der Waals surface area (Å²) in [6.45, 7) is 2.99. The summed E-state index contributed by atoms with van der Waals surface area (Å²) in [7, 11) is 2.02. The van der Waals surface area contributed by atoms with Crippen molar-refractivity contribution in [1.29, 1.82) is 0 Å². The maximum absolute atomic E-state index is 12.6. The van der Waals surface area contributed by atoms with E-state index in [1.165, 1.54) is 28.6 Å². The van der Waals surface area contributed by atoms with Gasteiger partial charge in [-0.1, -0.05) is 6.07 Å². The Labute approximate surface area is 184 Å². The van der Waals surface area contributed by atoms with Crippen molar-refractivity contribution in [3.05, 3.63) is 50.9 Å². The van der Waals surface area contributed by atoms with Crippen LogP contribution in [0.2, 0.25) is 0 Å². The number of amides is 1. The Bertz CT molecular complexity index is 1120. The van der Waals surface area contributed by atoms with Crippen LogP contribution in [0, 0.1) is 0 Å². The van der Waals surface area contributed by atoms with E-state index >= 15 is 0 Å². The van der Waals surface area contributed by atoms with Gasteiger partial charge in [0.2, 0.25) is 5.91 Å². The number of anilines is 2. The maximum atomic E-state index is 12.6. The van der Waals surface area contributed by atoms with Crippen LogP contribution < -0.4 is 15.8 Å². The molecule has 2 aromatic heterocycles. The standard InChI is InChI=1S/C22H26N4O2S2/c1-3-26(2)15-8-6-7-14(11-15)23-19(27)13-29-12-18-24-21(28)20-16-9-4-5-10-17(16)30-22(20)25-18/h6-8,11H,3-5,9-10,12-13H2,1-2H3,(H,23,27)(H,24,25,28). The Morgan fingerprint density at radius 1 is 1.33 bits per heavy atom. The number of H-pyrrole nitrogens is 1. The number of hydrogen-bond acceptors (Lipinski definition) is 6. The van der Waals surface area contributed by atoms with Crippen molar-refractivity contribution >= 4 is 50.6 Å². The first-order valence-corrected chi connectivity index (χ1v) is 12.2. The number of thioether (sulfide) groups is 1. The van der Waals surface area contributed by atoms with E-state index in [0.717, 1.165) is 47.4 Å². The molecule has 1 aliphatic carbocycles. The molecule has 0 bridgehead atoms. The number of aromatic amines is 1. The Balaban J connectivity index is 1.37. The van der Waals surface area contributed by atoms with E-state index in [1.54, 1.807) is 11.3 Å². The first-order chi connectivity index (χ1) is 14.5. The fourth-order valence-corrected chi connectivity index (χ4v) is 5.69. The van der Waals surface area contributed by atoms with E-state index in [0.29, 0.717) is 17.3 Å². The van der Waals surface area contributed by atoms with E-state index in [9.17, 15) is 9.59 Å². The average Bonchev–Trinajstić information content (AvgIpc) is 3.12. The lowest BCUT2D eigenvalue weighted by Crippen LogP contribution is -2.17. The second-order valence-electron chi connectivity index (χ2n) is 7.51. The van der Waals surface area contributed by atoms with Gasteiger partial charge in [0.25, 0.3) is 5.56 Å². The van der Waals surface area contributed by atoms with Crippen LogP contribution in [-0.4, -0.2) is 35.2 Å². The van der Waals surface area contributed by atoms with Gasteiger partial charge in [0.05, 0.1) is 16.9 Å². The third kappa shape index (κ3) is 4.54. The predicted octanol–water partition coefficient (Wildman–Crippen LogP) is 4.19. The zero-order valence-corrected chi connectivity index (χ0v) is 18.9. The van der Waals surface area contributed by atoms with Gasteiger partial charge < -0.3 is 15.2 Å². The predicted molar refractivity (Wildman–Crippen MR) is 127 cm³/mol. The van der Waals surface area contributed by atoms with Crippen LogP contribution in [0.4, 0.5) is 11.4 Å². The largest absolute Gasteiger partial charge is 0.375 e. The number of benzene rings is 1. The van der Waals surface area contributed by atoms with E-state index in [2.05, 4.69) is 27.1 Å². The number of thiophene rings is 1. The lowest BCUT2D eigenvalue weighted by Gasteiger charge is -2.17. The second-order valence-corrected chi connectivity index (χ2v) is 9.58. The molecule has 0 atom stereocenters. The fourth-order valence-electron chi connectivity index (χ4n) is 3.72. The number of aryl methyl sites for hydroxylation is 2. The monoisotopic (exact) mass is 442 g/mol. The minimum Gasteiger partial charge on any atom is -0.375 e. The van der Waals surface area contributed by atoms with Crippen LogP contribution >= 0.6 is 23.1 Å². The van der Waals surface area contributed by atoms with Crippen molar-refractivity contribution in [2.45, 2.75) is 38.4 Å². The quantitative estimate of drug-likeness (QED) is 0.574. The molecule has 158 valence electrons. The fraction of sp³-hybridized carbons (Fsp3) is 0.409. The molecular weight excluding hydrogens is 416 g/mol. The van der Waals surface area contributed by atoms with Gasteiger partial charge in [0.1, 0.15) is 10.7 Å². The minimum atomic E-state index is -0.0636. The van der Waals surface area contributed by atoms with E-state index in [4.69, 9.17) is 0 Å². The number of hydrogen-bond donors (Lipinski definition) is 2. The second kappa shape index (κ2) is 9.22. The van der Waals surface area contributed by atoms with Crippen molar-refractivity contribution in [3.8, 4) is 0 Å². The highest BCUT2D eigenvalue weighted by atomic mass is 32.2. The molecule has 4 rings (SSSR count). The maximum Gasteiger partial charge on any atom is 0.259 e. The van der Waals surface area contributed by atoms with Crippen LogP contribution in [0.15, 0.2) is 29.1 Å². The molecule has 1 aromatic carbocycles. The van der Waals surface area contributed by atoms with Gasteiger partial charge in [-0.2, -0.15) is 0 Å². The number of carbonyl (C=O) groups is 1. The highest BCUT2D eigenvalue weighted by Crippen LogP contribution is 2.33. The number of carbonyl (C=O) groups excluding carboxylic acids is 1. The third-order valence-corrected chi connectivity index (χ3v) is 7.52. The van der Waals surface area contributed by atoms with Crippen LogP contribution in [0.25, 0.3) is 10.2 Å². The molecule has 3 aromatic rings. The molecule has 0 unspecified atom stereocenters. The molecule has 0 saturated carbocycles. The highest BCUT2D eigenvalue weighted by Gasteiger charge is 2.19. The molecular formula is C22H26N4O2S2. The number of nitrogens with one attached hydrogen (secondary N) is 2. The Morgan fingerprint density at radius 2 is 2.17 bits per heavy atom. The minimum absolute atomic E-state index is 0.0451. The third-order valence-electron chi connectivity index (χ3n) is 5.39. The molecule has 0 radical (unpaired) electrons. The zero-order chi connectivity index (χ0) is 21.1. The van der Waals surface area contributed by atoms with Gasteiger partial charge in [-0.3, -0.25) is 9.59 Å². The Morgan fingerprint density at radius 3 is 3.00 bits per heavy atom. The first-order valence-electron chi connectivity index (χ1n) is 10.3. The van der Waals surface area contributed by atoms with Crippen molar-refractivity contribution < 1.29 is 4.79 Å². The van der Waals surface area contributed by atoms with Crippen LogP contribution in [0.1, 0.15) is 36.0 Å². The molecule has 1 aliphatic rings. The molecule has 1 amide bonds. The number of fused-ring (bicyclic) bond motifs is 3. The lowest BCUT2D eigenvalue weighted by molar-refractivity contribution is -0.113. The lowest BCUT2D eigenvalue weighted by atomic mass is 9.97. The zero-order valence-electron chi connectivity index (χ0n) is 17.3. The van der Waals surface area contributed by atoms with Crippen molar-refractivity contribution in [2.75, 3.05) is 29.6 Å². The molecule has 2 N–H and O–H groups in total. The summed E-state index contributed by atoms with van der Waals surface area (Å²) < 4.78 is 0. The molecule has 30 heavy (non-hydrogen) atoms. The van der Waals surface area contributed by atoms with Crippen molar-refractivity contribution in [3.63, 3.8) is 0 Å². The van der Waals surface area contributed by atoms with Crippen molar-refractivity contribution in [2.24, 2.45) is 0 Å². The molecule has 0 aliphatic heterocycles. The van der Waals surface area contributed by atoms with Gasteiger partial charge in [-0.25, -0.2) is 4.98 Å². The van der Waals surface area contributed by atoms with E-state index < -0.39 is 0 Å². The van der Waals surface area contributed by atoms with Gasteiger partial charge in [-0.15, -0.1) is 23.1 Å². The number of aromatic nitrogens is 2. The summed E-state index contributed by atoms with van der Waals surface area (Å²) in [6.07, 6.45) is 4.36. The molecule has 6 nitrogen and oxygen atoms in total.